The van der Waals surface area contributed by atoms with Crippen LogP contribution >= 0.6 is 0 Å². The normalized spacial score (nSPS) is 9.89. The summed E-state index contributed by atoms with van der Waals surface area (Å²) in [6.45, 7) is 0. The van der Waals surface area contributed by atoms with Crippen molar-refractivity contribution in [3.8, 4) is 11.5 Å². The Hall–Kier alpha value is -2.36. The van der Waals surface area contributed by atoms with Crippen LogP contribution in [-0.2, 0) is 0 Å². The molecule has 3 nitrogen and oxygen atoms in total. The summed E-state index contributed by atoms with van der Waals surface area (Å²) in [5, 5.41) is 0. The molecule has 0 saturated heterocycles. The van der Waals surface area contributed by atoms with Crippen LogP contribution in [0.15, 0.2) is 48.5 Å². The van der Waals surface area contributed by atoms with Crippen LogP contribution in [0.5, 0.6) is 11.5 Å². The van der Waals surface area contributed by atoms with Crippen molar-refractivity contribution in [2.75, 3.05) is 7.11 Å². The number of halogens is 1. The Kier molecular flexibility index (Phi) is 3.57. The molecule has 0 aliphatic heterocycles. The maximum Gasteiger partial charge on any atom is 0.343 e. The zero-order valence-corrected chi connectivity index (χ0v) is 9.72. The second-order valence-corrected chi connectivity index (χ2v) is 3.55. The molecule has 0 aliphatic carbocycles. The van der Waals surface area contributed by atoms with Crippen LogP contribution in [0.4, 0.5) is 4.39 Å². The van der Waals surface area contributed by atoms with Gasteiger partial charge in [-0.1, -0.05) is 12.1 Å². The average Bonchev–Trinajstić information content (AvgIpc) is 2.41. The molecule has 0 fully saturated rings. The van der Waals surface area contributed by atoms with Crippen molar-refractivity contribution < 1.29 is 18.7 Å². The molecule has 0 aromatic heterocycles. The van der Waals surface area contributed by atoms with Gasteiger partial charge in [-0.15, -0.1) is 0 Å². The lowest BCUT2D eigenvalue weighted by molar-refractivity contribution is 0.0728. The molecule has 0 unspecified atom stereocenters. The molecule has 0 spiro atoms. The molecule has 0 amide bonds. The van der Waals surface area contributed by atoms with Crippen LogP contribution in [0.3, 0.4) is 0 Å². The molecule has 0 radical (unpaired) electrons. The van der Waals surface area contributed by atoms with Gasteiger partial charge in [-0.05, 0) is 36.4 Å². The summed E-state index contributed by atoms with van der Waals surface area (Å²) >= 11 is 0. The first-order valence-corrected chi connectivity index (χ1v) is 5.31. The molecule has 0 heterocycles. The van der Waals surface area contributed by atoms with Gasteiger partial charge >= 0.3 is 5.97 Å². The lowest BCUT2D eigenvalue weighted by atomic mass is 10.2. The Balaban J connectivity index is 2.14. The van der Waals surface area contributed by atoms with E-state index in [0.29, 0.717) is 11.3 Å². The van der Waals surface area contributed by atoms with Crippen LogP contribution in [0.25, 0.3) is 0 Å². The zero-order valence-electron chi connectivity index (χ0n) is 9.72. The van der Waals surface area contributed by atoms with Crippen molar-refractivity contribution in [1.29, 1.82) is 0 Å². The van der Waals surface area contributed by atoms with Gasteiger partial charge in [0.1, 0.15) is 5.75 Å². The van der Waals surface area contributed by atoms with Gasteiger partial charge in [0.25, 0.3) is 0 Å². The Morgan fingerprint density at radius 1 is 1.06 bits per heavy atom. The van der Waals surface area contributed by atoms with Gasteiger partial charge in [0.2, 0.25) is 0 Å². The fourth-order valence-corrected chi connectivity index (χ4v) is 1.41. The number of para-hydroxylation sites is 1. The van der Waals surface area contributed by atoms with E-state index in [9.17, 15) is 9.18 Å². The highest BCUT2D eigenvalue weighted by molar-refractivity contribution is 5.91. The average molecular weight is 246 g/mol. The van der Waals surface area contributed by atoms with E-state index in [2.05, 4.69) is 0 Å². The van der Waals surface area contributed by atoms with Crippen molar-refractivity contribution in [3.05, 3.63) is 59.9 Å². The first kappa shape index (κ1) is 12.1. The number of carbonyl (C=O) groups excluding carboxylic acids is 1. The Morgan fingerprint density at radius 2 is 1.72 bits per heavy atom. The van der Waals surface area contributed by atoms with Gasteiger partial charge in [0.05, 0.1) is 12.7 Å². The van der Waals surface area contributed by atoms with Crippen molar-refractivity contribution in [2.45, 2.75) is 0 Å². The van der Waals surface area contributed by atoms with E-state index >= 15 is 0 Å². The Bertz CT molecular complexity index is 549. The standard InChI is InChI=1S/C14H11FO3/c1-17-11-8-6-10(7-9-11)14(16)18-13-5-3-2-4-12(13)15/h2-9H,1H3. The molecule has 4 heteroatoms. The molecular weight excluding hydrogens is 235 g/mol. The molecule has 0 saturated carbocycles. The zero-order chi connectivity index (χ0) is 13.0. The number of benzene rings is 2. The molecule has 0 atom stereocenters. The molecule has 0 aliphatic rings. The van der Waals surface area contributed by atoms with Gasteiger partial charge in [-0.3, -0.25) is 0 Å². The predicted molar refractivity (Wildman–Crippen MR) is 64.4 cm³/mol. The SMILES string of the molecule is COc1ccc(C(=O)Oc2ccccc2F)cc1. The quantitative estimate of drug-likeness (QED) is 0.616. The summed E-state index contributed by atoms with van der Waals surface area (Å²) in [6, 6.07) is 12.1. The fraction of sp³-hybridized carbons (Fsp3) is 0.0714. The topological polar surface area (TPSA) is 35.5 Å². The molecule has 18 heavy (non-hydrogen) atoms. The van der Waals surface area contributed by atoms with Crippen molar-refractivity contribution in [2.24, 2.45) is 0 Å². The van der Waals surface area contributed by atoms with Crippen LogP contribution in [0, 0.1) is 5.82 Å². The highest BCUT2D eigenvalue weighted by Crippen LogP contribution is 2.18. The minimum atomic E-state index is -0.609. The third-order valence-electron chi connectivity index (χ3n) is 2.37. The van der Waals surface area contributed by atoms with Crippen molar-refractivity contribution in [1.82, 2.24) is 0 Å². The monoisotopic (exact) mass is 246 g/mol. The molecule has 2 aromatic carbocycles. The van der Waals surface area contributed by atoms with E-state index in [1.54, 1.807) is 30.3 Å². The maximum absolute atomic E-state index is 13.3. The summed E-state index contributed by atoms with van der Waals surface area (Å²) in [6.07, 6.45) is 0. The van der Waals surface area contributed by atoms with Crippen LogP contribution in [0.2, 0.25) is 0 Å². The van der Waals surface area contributed by atoms with Crippen LogP contribution in [0.1, 0.15) is 10.4 Å². The number of methoxy groups -OCH3 is 1. The van der Waals surface area contributed by atoms with Crippen LogP contribution < -0.4 is 9.47 Å². The number of carbonyl (C=O) groups is 1. The van der Waals surface area contributed by atoms with Gasteiger partial charge < -0.3 is 9.47 Å². The number of ether oxygens (including phenoxy) is 2. The summed E-state index contributed by atoms with van der Waals surface area (Å²) < 4.78 is 23.2. The van der Waals surface area contributed by atoms with Gasteiger partial charge in [-0.25, -0.2) is 9.18 Å². The minimum absolute atomic E-state index is 0.0849. The predicted octanol–water partition coefficient (Wildman–Crippen LogP) is 3.05. The molecule has 2 rings (SSSR count). The maximum atomic E-state index is 13.3. The van der Waals surface area contributed by atoms with E-state index in [1.807, 2.05) is 0 Å². The van der Waals surface area contributed by atoms with E-state index in [1.165, 1.54) is 25.3 Å². The summed E-state index contributed by atoms with van der Waals surface area (Å²) in [5.41, 5.74) is 0.332. The van der Waals surface area contributed by atoms with Crippen LogP contribution in [-0.4, -0.2) is 13.1 Å². The Labute approximate surface area is 104 Å². The second kappa shape index (κ2) is 5.31. The lowest BCUT2D eigenvalue weighted by Crippen LogP contribution is -2.09. The molecule has 92 valence electrons. The Morgan fingerprint density at radius 3 is 2.33 bits per heavy atom. The fourth-order valence-electron chi connectivity index (χ4n) is 1.41. The number of esters is 1. The van der Waals surface area contributed by atoms with E-state index < -0.39 is 11.8 Å². The third kappa shape index (κ3) is 2.66. The number of hydrogen-bond donors (Lipinski definition) is 0. The highest BCUT2D eigenvalue weighted by atomic mass is 19.1. The minimum Gasteiger partial charge on any atom is -0.497 e. The summed E-state index contributed by atoms with van der Waals surface area (Å²) in [7, 11) is 1.53. The van der Waals surface area contributed by atoms with E-state index in [0.717, 1.165) is 0 Å². The molecule has 0 bridgehead atoms. The van der Waals surface area contributed by atoms with E-state index in [4.69, 9.17) is 9.47 Å². The summed E-state index contributed by atoms with van der Waals surface area (Å²) in [5.74, 6) is -0.627. The van der Waals surface area contributed by atoms with Gasteiger partial charge in [0, 0.05) is 0 Å². The first-order valence-electron chi connectivity index (χ1n) is 5.31. The number of hydrogen-bond acceptors (Lipinski definition) is 3. The molecule has 0 N–H and O–H groups in total. The summed E-state index contributed by atoms with van der Waals surface area (Å²) in [4.78, 5) is 11.7. The van der Waals surface area contributed by atoms with Crippen molar-refractivity contribution in [3.63, 3.8) is 0 Å². The van der Waals surface area contributed by atoms with E-state index in [-0.39, 0.29) is 5.75 Å². The smallest absolute Gasteiger partial charge is 0.343 e. The largest absolute Gasteiger partial charge is 0.497 e. The first-order chi connectivity index (χ1) is 8.70. The third-order valence-corrected chi connectivity index (χ3v) is 2.37. The lowest BCUT2D eigenvalue weighted by Gasteiger charge is -2.05. The van der Waals surface area contributed by atoms with Gasteiger partial charge in [-0.2, -0.15) is 0 Å². The molecular formula is C14H11FO3. The van der Waals surface area contributed by atoms with Crippen molar-refractivity contribution >= 4 is 5.97 Å². The second-order valence-electron chi connectivity index (χ2n) is 3.55. The molecule has 2 aromatic rings. The highest BCUT2D eigenvalue weighted by Gasteiger charge is 2.11. The number of rotatable bonds is 3. The van der Waals surface area contributed by atoms with Gasteiger partial charge in [0.15, 0.2) is 11.6 Å².